The van der Waals surface area contributed by atoms with E-state index in [0.29, 0.717) is 35.6 Å². The lowest BCUT2D eigenvalue weighted by atomic mass is 9.77. The highest BCUT2D eigenvalue weighted by Gasteiger charge is 2.40. The molecule has 1 aliphatic carbocycles. The molecule has 0 atom stereocenters. The van der Waals surface area contributed by atoms with E-state index in [1.807, 2.05) is 18.5 Å². The number of aromatic amines is 1. The van der Waals surface area contributed by atoms with Crippen LogP contribution in [0.1, 0.15) is 37.1 Å². The molecule has 0 unspecified atom stereocenters. The van der Waals surface area contributed by atoms with Crippen LogP contribution < -0.4 is 0 Å². The Morgan fingerprint density at radius 2 is 2.14 bits per heavy atom. The molecule has 148 valence electrons. The molecule has 0 aliphatic heterocycles. The van der Waals surface area contributed by atoms with Crippen molar-refractivity contribution in [3.05, 3.63) is 52.7 Å². The molecule has 28 heavy (non-hydrogen) atoms. The van der Waals surface area contributed by atoms with Gasteiger partial charge in [0.1, 0.15) is 5.82 Å². The highest BCUT2D eigenvalue weighted by atomic mass is 35.5. The number of halogens is 2. The number of hydrogen-bond acceptors (Lipinski definition) is 3. The van der Waals surface area contributed by atoms with E-state index in [9.17, 15) is 9.50 Å². The number of aliphatic hydroxyl groups is 1. The van der Waals surface area contributed by atoms with Crippen molar-refractivity contribution < 1.29 is 14.2 Å². The van der Waals surface area contributed by atoms with Gasteiger partial charge in [0.25, 0.3) is 0 Å². The minimum absolute atomic E-state index is 0.185. The number of nitrogens with one attached hydrogen (secondary N) is 1. The number of H-pyrrole nitrogens is 1. The minimum atomic E-state index is -0.619. The van der Waals surface area contributed by atoms with E-state index in [-0.39, 0.29) is 11.9 Å². The second kappa shape index (κ2) is 7.03. The summed E-state index contributed by atoms with van der Waals surface area (Å²) in [6, 6.07) is 4.85. The topological polar surface area (TPSA) is 63.1 Å². The third-order valence-corrected chi connectivity index (χ3v) is 5.83. The zero-order valence-electron chi connectivity index (χ0n) is 16.1. The lowest BCUT2D eigenvalue weighted by Crippen LogP contribution is -2.42. The van der Waals surface area contributed by atoms with Crippen molar-refractivity contribution in [3.8, 4) is 22.4 Å². The monoisotopic (exact) mass is 403 g/mol. The zero-order valence-corrected chi connectivity index (χ0v) is 16.8. The number of ether oxygens (including phenoxy) is 1. The van der Waals surface area contributed by atoms with E-state index in [1.54, 1.807) is 31.6 Å². The molecule has 7 heteroatoms. The standard InChI is InChI=1S/C21H23ClFN3O2/c1-12-14(10-25-26(12)13-7-21(2,27)8-13)20-16(11-28-3)15(9-24-20)19-17(22)5-4-6-18(19)23/h4-6,9-10,13,24,27H,7-8,11H2,1-3H3. The van der Waals surface area contributed by atoms with Crippen LogP contribution in [0.3, 0.4) is 0 Å². The Morgan fingerprint density at radius 1 is 1.39 bits per heavy atom. The van der Waals surface area contributed by atoms with E-state index in [2.05, 4.69) is 10.1 Å². The molecule has 2 aromatic heterocycles. The Labute approximate surface area is 168 Å². The molecule has 1 saturated carbocycles. The molecule has 0 saturated heterocycles. The summed E-state index contributed by atoms with van der Waals surface area (Å²) < 4.78 is 21.9. The molecule has 1 aromatic carbocycles. The molecule has 3 aromatic rings. The van der Waals surface area contributed by atoms with Crippen LogP contribution in [0.5, 0.6) is 0 Å². The van der Waals surface area contributed by atoms with Gasteiger partial charge in [0.15, 0.2) is 0 Å². The number of hydrogen-bond donors (Lipinski definition) is 2. The average Bonchev–Trinajstić information content (AvgIpc) is 3.17. The van der Waals surface area contributed by atoms with Crippen molar-refractivity contribution in [1.82, 2.24) is 14.8 Å². The molecule has 2 heterocycles. The number of aromatic nitrogens is 3. The van der Waals surface area contributed by atoms with Gasteiger partial charge in [0, 0.05) is 41.3 Å². The van der Waals surface area contributed by atoms with E-state index in [0.717, 1.165) is 22.5 Å². The van der Waals surface area contributed by atoms with Crippen LogP contribution in [0.15, 0.2) is 30.6 Å². The molecule has 1 fully saturated rings. The zero-order chi connectivity index (χ0) is 20.1. The lowest BCUT2D eigenvalue weighted by Gasteiger charge is -2.41. The smallest absolute Gasteiger partial charge is 0.132 e. The van der Waals surface area contributed by atoms with Gasteiger partial charge in [-0.15, -0.1) is 0 Å². The van der Waals surface area contributed by atoms with Gasteiger partial charge in [0.05, 0.1) is 35.2 Å². The van der Waals surface area contributed by atoms with Crippen LogP contribution in [-0.2, 0) is 11.3 Å². The lowest BCUT2D eigenvalue weighted by molar-refractivity contribution is -0.0548. The first-order valence-electron chi connectivity index (χ1n) is 9.23. The van der Waals surface area contributed by atoms with Crippen molar-refractivity contribution in [1.29, 1.82) is 0 Å². The van der Waals surface area contributed by atoms with Crippen molar-refractivity contribution in [2.24, 2.45) is 0 Å². The number of methoxy groups -OCH3 is 1. The van der Waals surface area contributed by atoms with E-state index in [1.165, 1.54) is 6.07 Å². The molecule has 2 N–H and O–H groups in total. The predicted molar refractivity (Wildman–Crippen MR) is 107 cm³/mol. The molecule has 5 nitrogen and oxygen atoms in total. The number of nitrogens with zero attached hydrogens (tertiary/aromatic N) is 2. The van der Waals surface area contributed by atoms with E-state index in [4.69, 9.17) is 16.3 Å². The summed E-state index contributed by atoms with van der Waals surface area (Å²) in [6.45, 7) is 4.15. The van der Waals surface area contributed by atoms with Gasteiger partial charge >= 0.3 is 0 Å². The molecular formula is C21H23ClFN3O2. The van der Waals surface area contributed by atoms with Gasteiger partial charge in [-0.3, -0.25) is 4.68 Å². The SMILES string of the molecule is COCc1c(-c2c(F)cccc2Cl)c[nH]c1-c1cnn(C2CC(C)(O)C2)c1C. The Kier molecular flexibility index (Phi) is 4.81. The van der Waals surface area contributed by atoms with Crippen molar-refractivity contribution in [2.45, 2.75) is 44.9 Å². The largest absolute Gasteiger partial charge is 0.390 e. The van der Waals surface area contributed by atoms with Crippen LogP contribution in [0.4, 0.5) is 4.39 Å². The fourth-order valence-electron chi connectivity index (χ4n) is 4.13. The summed E-state index contributed by atoms with van der Waals surface area (Å²) in [4.78, 5) is 3.27. The first-order chi connectivity index (χ1) is 13.3. The normalized spacial score (nSPS) is 21.7. The van der Waals surface area contributed by atoms with Crippen LogP contribution in [0, 0.1) is 12.7 Å². The number of rotatable bonds is 5. The fraction of sp³-hybridized carbons (Fsp3) is 0.381. The predicted octanol–water partition coefficient (Wildman–Crippen LogP) is 4.88. The molecule has 0 amide bonds. The summed E-state index contributed by atoms with van der Waals surface area (Å²) in [5, 5.41) is 14.9. The Morgan fingerprint density at radius 3 is 2.79 bits per heavy atom. The van der Waals surface area contributed by atoms with Crippen molar-refractivity contribution in [3.63, 3.8) is 0 Å². The Hall–Kier alpha value is -2.15. The summed E-state index contributed by atoms with van der Waals surface area (Å²) in [6.07, 6.45) is 4.93. The second-order valence-electron chi connectivity index (χ2n) is 7.73. The maximum Gasteiger partial charge on any atom is 0.132 e. The maximum absolute atomic E-state index is 14.5. The highest BCUT2D eigenvalue weighted by molar-refractivity contribution is 6.33. The highest BCUT2D eigenvalue weighted by Crippen LogP contribution is 2.43. The molecular weight excluding hydrogens is 381 g/mol. The second-order valence-corrected chi connectivity index (χ2v) is 8.14. The van der Waals surface area contributed by atoms with Gasteiger partial charge in [-0.1, -0.05) is 17.7 Å². The summed E-state index contributed by atoms with van der Waals surface area (Å²) in [5.74, 6) is -0.375. The summed E-state index contributed by atoms with van der Waals surface area (Å²) in [5.41, 5.74) is 4.01. The van der Waals surface area contributed by atoms with Crippen LogP contribution in [0.25, 0.3) is 22.4 Å². The first kappa shape index (κ1) is 19.2. The molecule has 0 spiro atoms. The molecule has 4 rings (SSSR count). The van der Waals surface area contributed by atoms with Gasteiger partial charge in [-0.05, 0) is 38.8 Å². The number of benzene rings is 1. The van der Waals surface area contributed by atoms with Crippen LogP contribution in [-0.4, -0.2) is 32.6 Å². The summed E-state index contributed by atoms with van der Waals surface area (Å²) in [7, 11) is 1.61. The van der Waals surface area contributed by atoms with Crippen LogP contribution >= 0.6 is 11.6 Å². The average molecular weight is 404 g/mol. The fourth-order valence-corrected chi connectivity index (χ4v) is 4.40. The van der Waals surface area contributed by atoms with Gasteiger partial charge in [-0.25, -0.2) is 4.39 Å². The Balaban J connectivity index is 1.78. The molecule has 0 bridgehead atoms. The molecule has 0 radical (unpaired) electrons. The third-order valence-electron chi connectivity index (χ3n) is 5.52. The minimum Gasteiger partial charge on any atom is -0.390 e. The van der Waals surface area contributed by atoms with Gasteiger partial charge < -0.3 is 14.8 Å². The van der Waals surface area contributed by atoms with E-state index < -0.39 is 5.60 Å². The maximum atomic E-state index is 14.5. The first-order valence-corrected chi connectivity index (χ1v) is 9.60. The third kappa shape index (κ3) is 3.15. The van der Waals surface area contributed by atoms with Gasteiger partial charge in [-0.2, -0.15) is 5.10 Å². The van der Waals surface area contributed by atoms with Gasteiger partial charge in [0.2, 0.25) is 0 Å². The van der Waals surface area contributed by atoms with Crippen molar-refractivity contribution >= 4 is 11.6 Å². The molecule has 1 aliphatic rings. The summed E-state index contributed by atoms with van der Waals surface area (Å²) >= 11 is 6.29. The van der Waals surface area contributed by atoms with Crippen LogP contribution in [0.2, 0.25) is 5.02 Å². The quantitative estimate of drug-likeness (QED) is 0.638. The van der Waals surface area contributed by atoms with Crippen molar-refractivity contribution in [2.75, 3.05) is 7.11 Å². The Bertz CT molecular complexity index is 997. The van der Waals surface area contributed by atoms with E-state index >= 15 is 0 Å².